The van der Waals surface area contributed by atoms with Crippen LogP contribution in [0.15, 0.2) is 48.7 Å². The first-order chi connectivity index (χ1) is 24.1. The van der Waals surface area contributed by atoms with Gasteiger partial charge >= 0.3 is 6.01 Å². The van der Waals surface area contributed by atoms with Crippen molar-refractivity contribution in [2.45, 2.75) is 55.2 Å². The van der Waals surface area contributed by atoms with Crippen LogP contribution in [0.25, 0.3) is 32.9 Å². The molecule has 2 aromatic carbocycles. The number of fused-ring (bicyclic) bond motifs is 3. The normalized spacial score (nSPS) is 23.1. The van der Waals surface area contributed by atoms with Crippen LogP contribution in [0.3, 0.4) is 0 Å². The van der Waals surface area contributed by atoms with Gasteiger partial charge < -0.3 is 14.5 Å². The number of ether oxygens (including phenoxy) is 1. The fourth-order valence-electron chi connectivity index (χ4n) is 7.60. The molecule has 3 aliphatic rings. The van der Waals surface area contributed by atoms with E-state index < -0.39 is 29.4 Å². The highest BCUT2D eigenvalue weighted by molar-refractivity contribution is 9.09. The Morgan fingerprint density at radius 2 is 2.06 bits per heavy atom. The summed E-state index contributed by atoms with van der Waals surface area (Å²) in [4.78, 5) is 32.6. The van der Waals surface area contributed by atoms with E-state index in [9.17, 15) is 18.8 Å². The second kappa shape index (κ2) is 14.0. The number of nitriles is 1. The van der Waals surface area contributed by atoms with Gasteiger partial charge in [0.25, 0.3) is 0 Å². The van der Waals surface area contributed by atoms with Gasteiger partial charge in [0.2, 0.25) is 5.91 Å². The standard InChI is InChI=1S/C36H34BrClF3N7O2/c1-21(37)6-9-28(49)48-15-14-46(19-24(48)10-12-42)34-26-17-43-32(25-5-2-4-22-7-8-27(40)30(38)29(22)25)31(41)33(26)44-35(45-34)50-20-36-11-3-13-47(36)18-23(39)16-36/h2,4-9,17,21,23-24H,3,10-11,13-16,18-20H2,1H3/b9-6+/t21?,23-,24+,36+/m1/s1. The van der Waals surface area contributed by atoms with Crippen LogP contribution in [-0.2, 0) is 4.79 Å². The lowest BCUT2D eigenvalue weighted by atomic mass is 9.95. The van der Waals surface area contributed by atoms with Crippen LogP contribution < -0.4 is 9.64 Å². The highest BCUT2D eigenvalue weighted by Gasteiger charge is 2.49. The van der Waals surface area contributed by atoms with Crippen LogP contribution in [-0.4, -0.2) is 92.6 Å². The number of carbonyl (C=O) groups excluding carboxylic acids is 1. The minimum Gasteiger partial charge on any atom is -0.461 e. The van der Waals surface area contributed by atoms with Crippen LogP contribution in [0.4, 0.5) is 19.0 Å². The Balaban J connectivity index is 1.31. The van der Waals surface area contributed by atoms with Crippen molar-refractivity contribution in [2.24, 2.45) is 0 Å². The molecule has 0 saturated carbocycles. The van der Waals surface area contributed by atoms with E-state index in [0.29, 0.717) is 47.1 Å². The number of nitrogens with zero attached hydrogens (tertiary/aromatic N) is 7. The van der Waals surface area contributed by atoms with Gasteiger partial charge in [0.15, 0.2) is 5.82 Å². The number of carbonyl (C=O) groups is 1. The number of allylic oxidation sites excluding steroid dienone is 1. The molecule has 0 radical (unpaired) electrons. The van der Waals surface area contributed by atoms with Crippen LogP contribution in [0.2, 0.25) is 5.02 Å². The summed E-state index contributed by atoms with van der Waals surface area (Å²) in [5.41, 5.74) is -0.345. The van der Waals surface area contributed by atoms with Gasteiger partial charge in [0, 0.05) is 60.6 Å². The summed E-state index contributed by atoms with van der Waals surface area (Å²) >= 11 is 9.82. The number of pyridine rings is 1. The predicted octanol–water partition coefficient (Wildman–Crippen LogP) is 7.00. The zero-order chi connectivity index (χ0) is 35.2. The number of hydrogen-bond donors (Lipinski definition) is 0. The van der Waals surface area contributed by atoms with Crippen molar-refractivity contribution < 1.29 is 22.7 Å². The average molecular weight is 769 g/mol. The summed E-state index contributed by atoms with van der Waals surface area (Å²) in [7, 11) is 0. The third-order valence-electron chi connectivity index (χ3n) is 9.96. The number of anilines is 1. The molecular weight excluding hydrogens is 735 g/mol. The van der Waals surface area contributed by atoms with E-state index in [-0.39, 0.29) is 59.1 Å². The third-order valence-corrected chi connectivity index (χ3v) is 10.6. The number of piperazine rings is 1. The van der Waals surface area contributed by atoms with Crippen molar-refractivity contribution in [1.29, 1.82) is 5.26 Å². The molecule has 14 heteroatoms. The maximum Gasteiger partial charge on any atom is 0.319 e. The van der Waals surface area contributed by atoms with Gasteiger partial charge in [0.05, 0.1) is 34.5 Å². The van der Waals surface area contributed by atoms with Gasteiger partial charge in [-0.2, -0.15) is 15.2 Å². The number of amides is 1. The molecule has 1 unspecified atom stereocenters. The molecule has 3 aliphatic heterocycles. The summed E-state index contributed by atoms with van der Waals surface area (Å²) in [6.07, 6.45) is 5.84. The topological polar surface area (TPSA) is 98.5 Å². The number of aromatic nitrogens is 3. The quantitative estimate of drug-likeness (QED) is 0.140. The van der Waals surface area contributed by atoms with E-state index in [1.54, 1.807) is 35.2 Å². The molecule has 4 aromatic rings. The molecule has 5 heterocycles. The lowest BCUT2D eigenvalue weighted by molar-refractivity contribution is -0.128. The molecule has 260 valence electrons. The number of halogens is 5. The lowest BCUT2D eigenvalue weighted by Crippen LogP contribution is -2.55. The van der Waals surface area contributed by atoms with Crippen molar-refractivity contribution in [3.63, 3.8) is 0 Å². The Kier molecular flexibility index (Phi) is 9.62. The minimum absolute atomic E-state index is 0.0000434. The third kappa shape index (κ3) is 6.37. The molecule has 9 nitrogen and oxygen atoms in total. The minimum atomic E-state index is -0.959. The fourth-order valence-corrected chi connectivity index (χ4v) is 8.02. The lowest BCUT2D eigenvalue weighted by Gasteiger charge is -2.41. The van der Waals surface area contributed by atoms with Crippen molar-refractivity contribution in [3.8, 4) is 23.3 Å². The molecule has 0 bridgehead atoms. The Labute approximate surface area is 300 Å². The largest absolute Gasteiger partial charge is 0.461 e. The highest BCUT2D eigenvalue weighted by Crippen LogP contribution is 2.41. The van der Waals surface area contributed by atoms with Gasteiger partial charge in [-0.1, -0.05) is 57.9 Å². The van der Waals surface area contributed by atoms with E-state index in [4.69, 9.17) is 21.3 Å². The SMILES string of the molecule is CC(Br)/C=C/C(=O)N1CCN(c2nc(OC[C@@]34CCCN3C[C@H](F)C4)nc3c(F)c(-c4cccc5ccc(F)c(Cl)c45)ncc23)C[C@@H]1CC#N. The monoisotopic (exact) mass is 767 g/mol. The van der Waals surface area contributed by atoms with Crippen LogP contribution in [0.1, 0.15) is 32.6 Å². The highest BCUT2D eigenvalue weighted by atomic mass is 79.9. The fraction of sp³-hybridized carbons (Fsp3) is 0.417. The number of benzene rings is 2. The van der Waals surface area contributed by atoms with E-state index in [0.717, 1.165) is 19.4 Å². The molecule has 0 aliphatic carbocycles. The van der Waals surface area contributed by atoms with E-state index in [1.807, 2.05) is 11.8 Å². The van der Waals surface area contributed by atoms with Gasteiger partial charge in [-0.3, -0.25) is 14.7 Å². The Hall–Kier alpha value is -3.99. The van der Waals surface area contributed by atoms with Crippen molar-refractivity contribution >= 4 is 60.9 Å². The molecule has 1 amide bonds. The summed E-state index contributed by atoms with van der Waals surface area (Å²) in [6.45, 7) is 4.01. The van der Waals surface area contributed by atoms with E-state index in [2.05, 4.69) is 36.9 Å². The first-order valence-corrected chi connectivity index (χ1v) is 17.9. The van der Waals surface area contributed by atoms with E-state index in [1.165, 1.54) is 18.3 Å². The maximum absolute atomic E-state index is 16.8. The summed E-state index contributed by atoms with van der Waals surface area (Å²) in [6, 6.07) is 9.55. The van der Waals surface area contributed by atoms with Crippen LogP contribution >= 0.6 is 27.5 Å². The number of alkyl halides is 2. The summed E-state index contributed by atoms with van der Waals surface area (Å²) < 4.78 is 52.2. The molecule has 3 saturated heterocycles. The molecule has 0 spiro atoms. The summed E-state index contributed by atoms with van der Waals surface area (Å²) in [5, 5.41) is 10.7. The zero-order valence-corrected chi connectivity index (χ0v) is 29.6. The van der Waals surface area contributed by atoms with Crippen LogP contribution in [0.5, 0.6) is 6.01 Å². The van der Waals surface area contributed by atoms with Crippen molar-refractivity contribution in [1.82, 2.24) is 24.8 Å². The van der Waals surface area contributed by atoms with Gasteiger partial charge in [-0.15, -0.1) is 0 Å². The van der Waals surface area contributed by atoms with Crippen molar-refractivity contribution in [2.75, 3.05) is 44.2 Å². The first kappa shape index (κ1) is 34.5. The van der Waals surface area contributed by atoms with Crippen molar-refractivity contribution in [3.05, 3.63) is 65.3 Å². The molecular formula is C36H34BrClF3N7O2. The zero-order valence-electron chi connectivity index (χ0n) is 27.3. The summed E-state index contributed by atoms with van der Waals surface area (Å²) in [5.74, 6) is -1.29. The predicted molar refractivity (Wildman–Crippen MR) is 189 cm³/mol. The maximum atomic E-state index is 16.8. The van der Waals surface area contributed by atoms with E-state index >= 15 is 4.39 Å². The molecule has 4 atom stereocenters. The second-order valence-corrected chi connectivity index (χ2v) is 15.0. The Morgan fingerprint density at radius 1 is 1.22 bits per heavy atom. The Bertz CT molecular complexity index is 2050. The Morgan fingerprint density at radius 3 is 2.86 bits per heavy atom. The smallest absolute Gasteiger partial charge is 0.319 e. The van der Waals surface area contributed by atoms with Crippen LogP contribution in [0, 0.1) is 23.0 Å². The molecule has 0 N–H and O–H groups in total. The molecule has 7 rings (SSSR count). The van der Waals surface area contributed by atoms with Gasteiger partial charge in [-0.25, -0.2) is 13.2 Å². The molecule has 3 fully saturated rings. The molecule has 50 heavy (non-hydrogen) atoms. The molecule has 2 aromatic heterocycles. The number of rotatable bonds is 8. The first-order valence-electron chi connectivity index (χ1n) is 16.6. The number of hydrogen-bond acceptors (Lipinski definition) is 8. The van der Waals surface area contributed by atoms with Gasteiger partial charge in [-0.05, 0) is 37.8 Å². The second-order valence-electron chi connectivity index (χ2n) is 13.2. The van der Waals surface area contributed by atoms with Gasteiger partial charge in [0.1, 0.15) is 35.6 Å². The average Bonchev–Trinajstić information content (AvgIpc) is 3.63.